The van der Waals surface area contributed by atoms with Crippen LogP contribution in [0.15, 0.2) is 0 Å². The highest BCUT2D eigenvalue weighted by atomic mass is 16.4. The highest BCUT2D eigenvalue weighted by molar-refractivity contribution is 5.74. The first kappa shape index (κ1) is 15.8. The number of amides is 2. The van der Waals surface area contributed by atoms with Gasteiger partial charge in [-0.2, -0.15) is 0 Å². The first-order chi connectivity index (χ1) is 9.01. The number of aliphatic carboxylic acids is 1. The molecule has 19 heavy (non-hydrogen) atoms. The van der Waals surface area contributed by atoms with Crippen LogP contribution < -0.4 is 10.6 Å². The van der Waals surface area contributed by atoms with Crippen LogP contribution in [0.4, 0.5) is 4.79 Å². The number of carbonyl (C=O) groups is 2. The smallest absolute Gasteiger partial charge is 0.315 e. The number of nitrogens with one attached hydrogen (secondary N) is 2. The van der Waals surface area contributed by atoms with Crippen LogP contribution in [0.2, 0.25) is 0 Å². The summed E-state index contributed by atoms with van der Waals surface area (Å²) in [4.78, 5) is 24.6. The normalized spacial score (nSPS) is 18.8. The van der Waals surface area contributed by atoms with Crippen LogP contribution in [0, 0.1) is 5.92 Å². The van der Waals surface area contributed by atoms with Crippen molar-refractivity contribution in [3.05, 3.63) is 0 Å². The van der Waals surface area contributed by atoms with Crippen molar-refractivity contribution in [3.8, 4) is 0 Å². The number of hydrogen-bond donors (Lipinski definition) is 3. The van der Waals surface area contributed by atoms with Gasteiger partial charge in [0.2, 0.25) is 0 Å². The Bertz CT molecular complexity index is 302. The number of carboxylic acids is 1. The SMILES string of the molecule is CCC(CNC(=O)NC1CCN(C)CC1)CC(=O)O. The van der Waals surface area contributed by atoms with E-state index in [2.05, 4.69) is 22.6 Å². The van der Waals surface area contributed by atoms with Crippen molar-refractivity contribution in [1.82, 2.24) is 15.5 Å². The number of urea groups is 1. The van der Waals surface area contributed by atoms with E-state index in [1.807, 2.05) is 6.92 Å². The fourth-order valence-electron chi connectivity index (χ4n) is 2.23. The molecule has 0 aromatic rings. The summed E-state index contributed by atoms with van der Waals surface area (Å²) >= 11 is 0. The second kappa shape index (κ2) is 7.99. The zero-order chi connectivity index (χ0) is 14.3. The number of hydrogen-bond acceptors (Lipinski definition) is 3. The summed E-state index contributed by atoms with van der Waals surface area (Å²) in [6.45, 7) is 4.36. The predicted octanol–water partition coefficient (Wildman–Crippen LogP) is 0.881. The van der Waals surface area contributed by atoms with Gasteiger partial charge in [0, 0.05) is 19.0 Å². The molecule has 6 heteroatoms. The summed E-state index contributed by atoms with van der Waals surface area (Å²) in [6, 6.07) is 0.0501. The molecule has 3 N–H and O–H groups in total. The van der Waals surface area contributed by atoms with Gasteiger partial charge < -0.3 is 20.6 Å². The molecule has 1 aliphatic rings. The zero-order valence-corrected chi connectivity index (χ0v) is 11.8. The quantitative estimate of drug-likeness (QED) is 0.670. The zero-order valence-electron chi connectivity index (χ0n) is 11.8. The molecule has 1 rings (SSSR count). The monoisotopic (exact) mass is 271 g/mol. The summed E-state index contributed by atoms with van der Waals surface area (Å²) < 4.78 is 0. The fourth-order valence-corrected chi connectivity index (χ4v) is 2.23. The van der Waals surface area contributed by atoms with Crippen LogP contribution in [0.3, 0.4) is 0 Å². The van der Waals surface area contributed by atoms with E-state index in [1.54, 1.807) is 0 Å². The topological polar surface area (TPSA) is 81.7 Å². The fraction of sp³-hybridized carbons (Fsp3) is 0.846. The molecule has 0 saturated carbocycles. The van der Waals surface area contributed by atoms with Crippen molar-refractivity contribution >= 4 is 12.0 Å². The Labute approximate surface area is 114 Å². The molecule has 0 spiro atoms. The molecule has 2 amide bonds. The maximum absolute atomic E-state index is 11.7. The van der Waals surface area contributed by atoms with Crippen LogP contribution in [-0.4, -0.2) is 54.7 Å². The van der Waals surface area contributed by atoms with Crippen molar-refractivity contribution in [2.75, 3.05) is 26.7 Å². The van der Waals surface area contributed by atoms with Gasteiger partial charge in [0.1, 0.15) is 0 Å². The number of carbonyl (C=O) groups excluding carboxylic acids is 1. The third-order valence-electron chi connectivity index (χ3n) is 3.65. The molecule has 1 atom stereocenters. The first-order valence-electron chi connectivity index (χ1n) is 6.96. The van der Waals surface area contributed by atoms with Gasteiger partial charge in [-0.05, 0) is 38.9 Å². The van der Waals surface area contributed by atoms with E-state index in [0.29, 0.717) is 6.54 Å². The van der Waals surface area contributed by atoms with Crippen molar-refractivity contribution in [2.24, 2.45) is 5.92 Å². The van der Waals surface area contributed by atoms with Crippen molar-refractivity contribution < 1.29 is 14.7 Å². The standard InChI is InChI=1S/C13H25N3O3/c1-3-10(8-12(17)18)9-14-13(19)15-11-4-6-16(2)7-5-11/h10-11H,3-9H2,1-2H3,(H,17,18)(H2,14,15,19). The first-order valence-corrected chi connectivity index (χ1v) is 6.96. The molecular formula is C13H25N3O3. The average Bonchev–Trinajstić information content (AvgIpc) is 2.37. The highest BCUT2D eigenvalue weighted by Crippen LogP contribution is 2.08. The summed E-state index contributed by atoms with van der Waals surface area (Å²) in [6.07, 6.45) is 2.79. The van der Waals surface area contributed by atoms with Gasteiger partial charge in [-0.25, -0.2) is 4.79 Å². The van der Waals surface area contributed by atoms with Crippen LogP contribution in [0.5, 0.6) is 0 Å². The van der Waals surface area contributed by atoms with E-state index in [0.717, 1.165) is 32.4 Å². The van der Waals surface area contributed by atoms with Crippen molar-refractivity contribution in [1.29, 1.82) is 0 Å². The van der Waals surface area contributed by atoms with E-state index in [-0.39, 0.29) is 24.4 Å². The second-order valence-corrected chi connectivity index (χ2v) is 5.30. The van der Waals surface area contributed by atoms with Crippen LogP contribution in [0.25, 0.3) is 0 Å². The Balaban J connectivity index is 2.21. The van der Waals surface area contributed by atoms with Gasteiger partial charge in [-0.3, -0.25) is 4.79 Å². The molecule has 0 aromatic heterocycles. The van der Waals surface area contributed by atoms with E-state index in [4.69, 9.17) is 5.11 Å². The minimum Gasteiger partial charge on any atom is -0.481 e. The molecule has 0 aliphatic carbocycles. The summed E-state index contributed by atoms with van der Waals surface area (Å²) in [7, 11) is 2.08. The number of piperidine rings is 1. The number of rotatable bonds is 6. The third-order valence-corrected chi connectivity index (χ3v) is 3.65. The van der Waals surface area contributed by atoms with Gasteiger partial charge in [0.05, 0.1) is 0 Å². The molecule has 0 bridgehead atoms. The van der Waals surface area contributed by atoms with E-state index >= 15 is 0 Å². The molecule has 1 heterocycles. The van der Waals surface area contributed by atoms with Crippen molar-refractivity contribution in [2.45, 2.75) is 38.6 Å². The van der Waals surface area contributed by atoms with Crippen LogP contribution in [0.1, 0.15) is 32.6 Å². The largest absolute Gasteiger partial charge is 0.481 e. The number of carboxylic acid groups (broad SMARTS) is 1. The summed E-state index contributed by atoms with van der Waals surface area (Å²) in [5, 5.41) is 14.5. The predicted molar refractivity (Wildman–Crippen MR) is 73.1 cm³/mol. The lowest BCUT2D eigenvalue weighted by molar-refractivity contribution is -0.138. The van der Waals surface area contributed by atoms with Crippen LogP contribution in [-0.2, 0) is 4.79 Å². The van der Waals surface area contributed by atoms with E-state index in [1.165, 1.54) is 0 Å². The minimum atomic E-state index is -0.815. The highest BCUT2D eigenvalue weighted by Gasteiger charge is 2.19. The summed E-state index contributed by atoms with van der Waals surface area (Å²) in [5.74, 6) is -0.815. The van der Waals surface area contributed by atoms with E-state index < -0.39 is 5.97 Å². The number of likely N-dealkylation sites (tertiary alicyclic amines) is 1. The van der Waals surface area contributed by atoms with Crippen LogP contribution >= 0.6 is 0 Å². The third kappa shape index (κ3) is 6.42. The summed E-state index contributed by atoms with van der Waals surface area (Å²) in [5.41, 5.74) is 0. The number of nitrogens with zero attached hydrogens (tertiary/aromatic N) is 1. The Morgan fingerprint density at radius 2 is 2.00 bits per heavy atom. The Morgan fingerprint density at radius 1 is 1.37 bits per heavy atom. The molecule has 1 unspecified atom stereocenters. The van der Waals surface area contributed by atoms with Gasteiger partial charge in [-0.1, -0.05) is 13.3 Å². The molecule has 0 aromatic carbocycles. The minimum absolute atomic E-state index is 0.000684. The van der Waals surface area contributed by atoms with Gasteiger partial charge in [0.25, 0.3) is 0 Å². The molecule has 1 fully saturated rings. The lowest BCUT2D eigenvalue weighted by Crippen LogP contribution is -2.48. The molecule has 0 radical (unpaired) electrons. The Morgan fingerprint density at radius 3 is 2.53 bits per heavy atom. The molecule has 6 nitrogen and oxygen atoms in total. The molecule has 1 aliphatic heterocycles. The van der Waals surface area contributed by atoms with Gasteiger partial charge >= 0.3 is 12.0 Å². The molecular weight excluding hydrogens is 246 g/mol. The Hall–Kier alpha value is -1.30. The van der Waals surface area contributed by atoms with Gasteiger partial charge in [0.15, 0.2) is 0 Å². The molecule has 110 valence electrons. The second-order valence-electron chi connectivity index (χ2n) is 5.30. The lowest BCUT2D eigenvalue weighted by atomic mass is 10.0. The van der Waals surface area contributed by atoms with E-state index in [9.17, 15) is 9.59 Å². The average molecular weight is 271 g/mol. The maximum Gasteiger partial charge on any atom is 0.315 e. The molecule has 1 saturated heterocycles. The lowest BCUT2D eigenvalue weighted by Gasteiger charge is -2.29. The Kier molecular flexibility index (Phi) is 6.62. The maximum atomic E-state index is 11.7. The van der Waals surface area contributed by atoms with Crippen molar-refractivity contribution in [3.63, 3.8) is 0 Å². The van der Waals surface area contributed by atoms with Gasteiger partial charge in [-0.15, -0.1) is 0 Å².